The lowest BCUT2D eigenvalue weighted by Gasteiger charge is -2.28. The van der Waals surface area contributed by atoms with E-state index in [-0.39, 0.29) is 5.60 Å². The molecule has 2 unspecified atom stereocenters. The molecule has 0 amide bonds. The van der Waals surface area contributed by atoms with Gasteiger partial charge in [0.1, 0.15) is 0 Å². The summed E-state index contributed by atoms with van der Waals surface area (Å²) in [7, 11) is 0. The average Bonchev–Trinajstić information content (AvgIpc) is 2.71. The molecule has 3 rings (SSSR count). The molecule has 5 atom stereocenters. The first kappa shape index (κ1) is 6.47. The van der Waals surface area contributed by atoms with Gasteiger partial charge in [-0.2, -0.15) is 0 Å². The highest BCUT2D eigenvalue weighted by molar-refractivity contribution is 5.32. The van der Waals surface area contributed by atoms with Crippen LogP contribution in [0.1, 0.15) is 33.1 Å². The summed E-state index contributed by atoms with van der Waals surface area (Å²) in [5.41, 5.74) is 0.266. The lowest BCUT2D eigenvalue weighted by Crippen LogP contribution is -2.27. The van der Waals surface area contributed by atoms with Gasteiger partial charge < -0.3 is 5.11 Å². The molecule has 1 nitrogen and oxygen atoms in total. The van der Waals surface area contributed by atoms with Crippen LogP contribution in [0.2, 0.25) is 0 Å². The minimum Gasteiger partial charge on any atom is -0.389 e. The molecule has 1 spiro atoms. The van der Waals surface area contributed by atoms with Crippen molar-refractivity contribution in [1.29, 1.82) is 0 Å². The minimum atomic E-state index is -0.191. The van der Waals surface area contributed by atoms with Crippen LogP contribution in [-0.2, 0) is 0 Å². The van der Waals surface area contributed by atoms with E-state index in [4.69, 9.17) is 0 Å². The van der Waals surface area contributed by atoms with E-state index < -0.39 is 0 Å². The van der Waals surface area contributed by atoms with Gasteiger partial charge in [-0.25, -0.2) is 0 Å². The molecule has 62 valence electrons. The van der Waals surface area contributed by atoms with E-state index in [1.54, 1.807) is 0 Å². The van der Waals surface area contributed by atoms with Crippen molar-refractivity contribution >= 4 is 0 Å². The number of aliphatic hydroxyl groups is 1. The van der Waals surface area contributed by atoms with Gasteiger partial charge in [0, 0.05) is 5.41 Å². The van der Waals surface area contributed by atoms with Gasteiger partial charge in [0.2, 0.25) is 0 Å². The quantitative estimate of drug-likeness (QED) is 0.561. The van der Waals surface area contributed by atoms with E-state index in [2.05, 4.69) is 13.8 Å². The molecule has 0 aromatic heterocycles. The van der Waals surface area contributed by atoms with Crippen molar-refractivity contribution < 1.29 is 5.11 Å². The summed E-state index contributed by atoms with van der Waals surface area (Å²) in [6.45, 7) is 4.66. The largest absolute Gasteiger partial charge is 0.389 e. The second-order valence-electron chi connectivity index (χ2n) is 5.22. The van der Waals surface area contributed by atoms with E-state index >= 15 is 0 Å². The smallest absolute Gasteiger partial charge is 0.0716 e. The van der Waals surface area contributed by atoms with Crippen molar-refractivity contribution in [2.45, 2.75) is 38.7 Å². The topological polar surface area (TPSA) is 20.2 Å². The minimum absolute atomic E-state index is 0.191. The van der Waals surface area contributed by atoms with Crippen LogP contribution >= 0.6 is 0 Å². The fourth-order valence-electron chi connectivity index (χ4n) is 3.63. The average molecular weight is 152 g/mol. The molecule has 0 radical (unpaired) electrons. The maximum atomic E-state index is 10.0. The third-order valence-corrected chi connectivity index (χ3v) is 4.74. The lowest BCUT2D eigenvalue weighted by atomic mass is 9.80. The SMILES string of the molecule is CC1[C@H](C)CC2(O)C[C@@]23C[C@H]13. The van der Waals surface area contributed by atoms with Gasteiger partial charge in [-0.05, 0) is 37.0 Å². The Balaban J connectivity index is 1.94. The van der Waals surface area contributed by atoms with Crippen LogP contribution < -0.4 is 0 Å². The van der Waals surface area contributed by atoms with E-state index in [0.29, 0.717) is 5.41 Å². The molecule has 1 heteroatoms. The van der Waals surface area contributed by atoms with Gasteiger partial charge in [0.15, 0.2) is 0 Å². The van der Waals surface area contributed by atoms with Gasteiger partial charge in [0.05, 0.1) is 5.60 Å². The Morgan fingerprint density at radius 2 is 2.00 bits per heavy atom. The van der Waals surface area contributed by atoms with Crippen LogP contribution in [-0.4, -0.2) is 10.7 Å². The van der Waals surface area contributed by atoms with E-state index in [9.17, 15) is 5.11 Å². The Kier molecular flexibility index (Phi) is 0.820. The third kappa shape index (κ3) is 0.516. The van der Waals surface area contributed by atoms with Crippen LogP contribution in [0, 0.1) is 23.2 Å². The van der Waals surface area contributed by atoms with Crippen LogP contribution in [0.4, 0.5) is 0 Å². The second kappa shape index (κ2) is 1.39. The van der Waals surface area contributed by atoms with E-state index in [0.717, 1.165) is 30.6 Å². The van der Waals surface area contributed by atoms with Crippen LogP contribution in [0.25, 0.3) is 0 Å². The zero-order valence-electron chi connectivity index (χ0n) is 7.30. The summed E-state index contributed by atoms with van der Waals surface area (Å²) in [6, 6.07) is 0. The van der Waals surface area contributed by atoms with E-state index in [1.807, 2.05) is 0 Å². The highest BCUT2D eigenvalue weighted by Gasteiger charge is 2.82. The van der Waals surface area contributed by atoms with E-state index in [1.165, 1.54) is 6.42 Å². The highest BCUT2D eigenvalue weighted by atomic mass is 16.3. The molecular weight excluding hydrogens is 136 g/mol. The van der Waals surface area contributed by atoms with Crippen LogP contribution in [0.5, 0.6) is 0 Å². The summed E-state index contributed by atoms with van der Waals surface area (Å²) in [5.74, 6) is 2.51. The predicted octanol–water partition coefficient (Wildman–Crippen LogP) is 1.80. The molecule has 3 aliphatic carbocycles. The third-order valence-electron chi connectivity index (χ3n) is 4.74. The maximum Gasteiger partial charge on any atom is 0.0716 e. The Morgan fingerprint density at radius 1 is 1.27 bits per heavy atom. The number of hydrogen-bond acceptors (Lipinski definition) is 1. The van der Waals surface area contributed by atoms with Gasteiger partial charge >= 0.3 is 0 Å². The summed E-state index contributed by atoms with van der Waals surface area (Å²) >= 11 is 0. The summed E-state index contributed by atoms with van der Waals surface area (Å²) in [6.07, 6.45) is 3.53. The summed E-state index contributed by atoms with van der Waals surface area (Å²) in [4.78, 5) is 0. The molecular formula is C10H16O. The first-order valence-electron chi connectivity index (χ1n) is 4.81. The van der Waals surface area contributed by atoms with Crippen molar-refractivity contribution in [2.24, 2.45) is 23.2 Å². The Bertz CT molecular complexity index is 223. The molecule has 3 saturated carbocycles. The standard InChI is InChI=1S/C10H16O/c1-6-3-10(11)5-9(10)4-8(9)7(6)2/h6-8,11H,3-5H2,1-2H3/t6-,7?,8-,9-,10?/m1/s1. The fourth-order valence-corrected chi connectivity index (χ4v) is 3.63. The monoisotopic (exact) mass is 152 g/mol. The number of hydrogen-bond donors (Lipinski definition) is 1. The summed E-state index contributed by atoms with van der Waals surface area (Å²) < 4.78 is 0. The van der Waals surface area contributed by atoms with Crippen molar-refractivity contribution in [3.8, 4) is 0 Å². The zero-order valence-corrected chi connectivity index (χ0v) is 7.30. The molecule has 0 saturated heterocycles. The first-order chi connectivity index (χ1) is 5.09. The van der Waals surface area contributed by atoms with Gasteiger partial charge in [-0.1, -0.05) is 13.8 Å². The highest BCUT2D eigenvalue weighted by Crippen LogP contribution is 2.83. The molecule has 0 aliphatic heterocycles. The molecule has 0 bridgehead atoms. The Hall–Kier alpha value is -0.0400. The van der Waals surface area contributed by atoms with Gasteiger partial charge in [-0.15, -0.1) is 0 Å². The molecule has 1 N–H and O–H groups in total. The molecule has 3 aliphatic rings. The molecule has 0 aromatic carbocycles. The molecule has 0 heterocycles. The second-order valence-corrected chi connectivity index (χ2v) is 5.22. The van der Waals surface area contributed by atoms with Gasteiger partial charge in [0.25, 0.3) is 0 Å². The molecule has 0 aromatic rings. The lowest BCUT2D eigenvalue weighted by molar-refractivity contribution is 0.0555. The van der Waals surface area contributed by atoms with Crippen LogP contribution in [0.15, 0.2) is 0 Å². The Labute approximate surface area is 67.8 Å². The predicted molar refractivity (Wildman–Crippen MR) is 43.1 cm³/mol. The molecule has 11 heavy (non-hydrogen) atoms. The first-order valence-corrected chi connectivity index (χ1v) is 4.81. The Morgan fingerprint density at radius 3 is 2.73 bits per heavy atom. The van der Waals surface area contributed by atoms with Crippen molar-refractivity contribution in [3.05, 3.63) is 0 Å². The zero-order chi connectivity index (χ0) is 7.85. The van der Waals surface area contributed by atoms with Crippen molar-refractivity contribution in [1.82, 2.24) is 0 Å². The fraction of sp³-hybridized carbons (Fsp3) is 1.00. The van der Waals surface area contributed by atoms with Crippen molar-refractivity contribution in [2.75, 3.05) is 0 Å². The normalized spacial score (nSPS) is 71.7. The van der Waals surface area contributed by atoms with Gasteiger partial charge in [-0.3, -0.25) is 0 Å². The van der Waals surface area contributed by atoms with Crippen molar-refractivity contribution in [3.63, 3.8) is 0 Å². The summed E-state index contributed by atoms with van der Waals surface area (Å²) in [5, 5.41) is 10.0. The van der Waals surface area contributed by atoms with Crippen LogP contribution in [0.3, 0.4) is 0 Å². The maximum absolute atomic E-state index is 10.0. The molecule has 3 fully saturated rings. The number of rotatable bonds is 0.